The molecule has 7 heteroatoms. The van der Waals surface area contributed by atoms with Gasteiger partial charge in [-0.05, 0) is 48.2 Å². The minimum atomic E-state index is -0.0368. The van der Waals surface area contributed by atoms with Gasteiger partial charge in [-0.15, -0.1) is 0 Å². The largest absolute Gasteiger partial charge is 0.378 e. The molecule has 3 aromatic rings. The van der Waals surface area contributed by atoms with Crippen LogP contribution in [0, 0.1) is 0 Å². The molecule has 0 radical (unpaired) electrons. The summed E-state index contributed by atoms with van der Waals surface area (Å²) in [5.74, 6) is 1.36. The predicted molar refractivity (Wildman–Crippen MR) is 122 cm³/mol. The highest BCUT2D eigenvalue weighted by molar-refractivity contribution is 6.30. The van der Waals surface area contributed by atoms with E-state index in [2.05, 4.69) is 9.88 Å². The highest BCUT2D eigenvalue weighted by Gasteiger charge is 2.27. The number of hydrogen-bond donors (Lipinski definition) is 0. The summed E-state index contributed by atoms with van der Waals surface area (Å²) in [5, 5.41) is 0.693. The molecule has 2 aromatic carbocycles. The fraction of sp³-hybridized carbons (Fsp3) is 0.292. The first-order chi connectivity index (χ1) is 15.2. The van der Waals surface area contributed by atoms with E-state index < -0.39 is 0 Å². The number of fused-ring (bicyclic) bond motifs is 1. The van der Waals surface area contributed by atoms with Crippen molar-refractivity contribution in [2.45, 2.75) is 12.8 Å². The van der Waals surface area contributed by atoms with E-state index in [4.69, 9.17) is 21.3 Å². The van der Waals surface area contributed by atoms with Gasteiger partial charge < -0.3 is 9.64 Å². The van der Waals surface area contributed by atoms with Crippen molar-refractivity contribution in [3.05, 3.63) is 70.9 Å². The monoisotopic (exact) mass is 434 g/mol. The average Bonchev–Trinajstić information content (AvgIpc) is 2.83. The Morgan fingerprint density at radius 1 is 1.00 bits per heavy atom. The number of nitrogens with zero attached hydrogens (tertiary/aromatic N) is 4. The van der Waals surface area contributed by atoms with Crippen LogP contribution in [-0.2, 0) is 11.2 Å². The van der Waals surface area contributed by atoms with Crippen LogP contribution in [0.4, 0.5) is 11.8 Å². The number of carbonyl (C=O) groups excluding carboxylic acids is 1. The molecule has 1 aromatic heterocycles. The molecular weight excluding hydrogens is 412 g/mol. The highest BCUT2D eigenvalue weighted by Crippen LogP contribution is 2.29. The molecular formula is C24H23ClN4O2. The Labute approximate surface area is 186 Å². The molecule has 1 fully saturated rings. The smallest absolute Gasteiger partial charge is 0.259 e. The summed E-state index contributed by atoms with van der Waals surface area (Å²) in [5.41, 5.74) is 3.71. The van der Waals surface area contributed by atoms with Gasteiger partial charge in [0, 0.05) is 42.0 Å². The summed E-state index contributed by atoms with van der Waals surface area (Å²) < 4.78 is 5.43. The molecule has 0 saturated carbocycles. The Balaban J connectivity index is 1.41. The normalized spacial score (nSPS) is 16.2. The van der Waals surface area contributed by atoms with E-state index in [0.717, 1.165) is 48.4 Å². The van der Waals surface area contributed by atoms with Gasteiger partial charge >= 0.3 is 0 Å². The minimum absolute atomic E-state index is 0.0368. The maximum atomic E-state index is 13.4. The van der Waals surface area contributed by atoms with Crippen LogP contribution in [0.2, 0.25) is 5.02 Å². The minimum Gasteiger partial charge on any atom is -0.378 e. The van der Waals surface area contributed by atoms with Crippen LogP contribution < -0.4 is 9.80 Å². The Bertz CT molecular complexity index is 1100. The van der Waals surface area contributed by atoms with Gasteiger partial charge in [0.05, 0.1) is 13.2 Å². The van der Waals surface area contributed by atoms with Crippen molar-refractivity contribution in [2.75, 3.05) is 42.6 Å². The maximum absolute atomic E-state index is 13.4. The van der Waals surface area contributed by atoms with E-state index in [1.165, 1.54) is 0 Å². The van der Waals surface area contributed by atoms with E-state index in [1.54, 1.807) is 4.90 Å². The number of amides is 1. The molecule has 2 aliphatic rings. The SMILES string of the molecule is O=C(c1ccc(-c2cccc(Cl)c2)cc1)N1CCCc2cnc(N3CCOCC3)nc21. The molecule has 158 valence electrons. The number of benzene rings is 2. The van der Waals surface area contributed by atoms with Crippen LogP contribution >= 0.6 is 11.6 Å². The van der Waals surface area contributed by atoms with E-state index in [9.17, 15) is 4.79 Å². The Morgan fingerprint density at radius 2 is 1.81 bits per heavy atom. The number of aryl methyl sites for hydroxylation is 1. The predicted octanol–water partition coefficient (Wildman–Crippen LogP) is 4.23. The van der Waals surface area contributed by atoms with Crippen molar-refractivity contribution in [1.29, 1.82) is 0 Å². The Morgan fingerprint density at radius 3 is 2.58 bits per heavy atom. The summed E-state index contributed by atoms with van der Waals surface area (Å²) in [4.78, 5) is 26.6. The molecule has 6 nitrogen and oxygen atoms in total. The van der Waals surface area contributed by atoms with Gasteiger partial charge in [-0.25, -0.2) is 4.98 Å². The second kappa shape index (κ2) is 8.65. The van der Waals surface area contributed by atoms with Gasteiger partial charge in [-0.1, -0.05) is 35.9 Å². The first-order valence-electron chi connectivity index (χ1n) is 10.6. The quantitative estimate of drug-likeness (QED) is 0.617. The zero-order chi connectivity index (χ0) is 21.2. The third-order valence-corrected chi connectivity index (χ3v) is 5.98. The Hall–Kier alpha value is -2.96. The number of ether oxygens (including phenoxy) is 1. The molecule has 0 bridgehead atoms. The van der Waals surface area contributed by atoms with Gasteiger partial charge in [0.2, 0.25) is 5.95 Å². The third kappa shape index (κ3) is 4.13. The second-order valence-corrected chi connectivity index (χ2v) is 8.20. The van der Waals surface area contributed by atoms with Crippen LogP contribution in [0.5, 0.6) is 0 Å². The van der Waals surface area contributed by atoms with Crippen molar-refractivity contribution >= 4 is 29.3 Å². The molecule has 31 heavy (non-hydrogen) atoms. The number of rotatable bonds is 3. The lowest BCUT2D eigenvalue weighted by atomic mass is 10.0. The second-order valence-electron chi connectivity index (χ2n) is 7.77. The van der Waals surface area contributed by atoms with Crippen LogP contribution in [0.1, 0.15) is 22.3 Å². The van der Waals surface area contributed by atoms with Crippen molar-refractivity contribution in [1.82, 2.24) is 9.97 Å². The molecule has 0 N–H and O–H groups in total. The summed E-state index contributed by atoms with van der Waals surface area (Å²) in [6, 6.07) is 15.4. The zero-order valence-corrected chi connectivity index (χ0v) is 17.9. The van der Waals surface area contributed by atoms with Crippen LogP contribution in [0.25, 0.3) is 11.1 Å². The van der Waals surface area contributed by atoms with Crippen molar-refractivity contribution in [3.63, 3.8) is 0 Å². The van der Waals surface area contributed by atoms with Gasteiger partial charge in [-0.3, -0.25) is 9.69 Å². The molecule has 0 unspecified atom stereocenters. The number of aromatic nitrogens is 2. The van der Waals surface area contributed by atoms with Crippen LogP contribution in [0.15, 0.2) is 54.7 Å². The fourth-order valence-corrected chi connectivity index (χ4v) is 4.27. The maximum Gasteiger partial charge on any atom is 0.259 e. The molecule has 0 aliphatic carbocycles. The lowest BCUT2D eigenvalue weighted by Crippen LogP contribution is -2.39. The molecule has 5 rings (SSSR count). The average molecular weight is 435 g/mol. The van der Waals surface area contributed by atoms with E-state index in [-0.39, 0.29) is 5.91 Å². The number of halogens is 1. The lowest BCUT2D eigenvalue weighted by molar-refractivity contribution is 0.0984. The highest BCUT2D eigenvalue weighted by atomic mass is 35.5. The Kier molecular flexibility index (Phi) is 5.57. The van der Waals surface area contributed by atoms with Gasteiger partial charge in [0.1, 0.15) is 5.82 Å². The third-order valence-electron chi connectivity index (χ3n) is 5.74. The van der Waals surface area contributed by atoms with E-state index in [1.807, 2.05) is 54.7 Å². The van der Waals surface area contributed by atoms with Crippen molar-refractivity contribution in [2.24, 2.45) is 0 Å². The van der Waals surface area contributed by atoms with Gasteiger partial charge in [0.25, 0.3) is 5.91 Å². The van der Waals surface area contributed by atoms with Crippen molar-refractivity contribution < 1.29 is 9.53 Å². The summed E-state index contributed by atoms with van der Waals surface area (Å²) >= 11 is 6.11. The first-order valence-corrected chi connectivity index (χ1v) is 10.9. The summed E-state index contributed by atoms with van der Waals surface area (Å²) in [6.45, 7) is 3.51. The lowest BCUT2D eigenvalue weighted by Gasteiger charge is -2.31. The standard InChI is InChI=1S/C24H23ClN4O2/c25-21-5-1-3-19(15-21)17-6-8-18(9-7-17)23(30)29-10-2-4-20-16-26-24(27-22(20)29)28-11-13-31-14-12-28/h1,3,5-9,15-16H,2,4,10-14H2. The van der Waals surface area contributed by atoms with Gasteiger partial charge in [-0.2, -0.15) is 4.98 Å². The van der Waals surface area contributed by atoms with Crippen molar-refractivity contribution in [3.8, 4) is 11.1 Å². The van der Waals surface area contributed by atoms with E-state index >= 15 is 0 Å². The molecule has 0 spiro atoms. The first kappa shape index (κ1) is 20.0. The van der Waals surface area contributed by atoms with Crippen LogP contribution in [-0.4, -0.2) is 48.7 Å². The van der Waals surface area contributed by atoms with Gasteiger partial charge in [0.15, 0.2) is 0 Å². The number of morpholine rings is 1. The fourth-order valence-electron chi connectivity index (χ4n) is 4.07. The molecule has 2 aliphatic heterocycles. The molecule has 1 amide bonds. The van der Waals surface area contributed by atoms with Crippen LogP contribution in [0.3, 0.4) is 0 Å². The zero-order valence-electron chi connectivity index (χ0n) is 17.1. The summed E-state index contributed by atoms with van der Waals surface area (Å²) in [7, 11) is 0. The topological polar surface area (TPSA) is 58.6 Å². The number of hydrogen-bond acceptors (Lipinski definition) is 5. The molecule has 1 saturated heterocycles. The number of anilines is 2. The number of carbonyl (C=O) groups is 1. The molecule has 3 heterocycles. The van der Waals surface area contributed by atoms with E-state index in [0.29, 0.717) is 36.3 Å². The molecule has 0 atom stereocenters. The summed E-state index contributed by atoms with van der Waals surface area (Å²) in [6.07, 6.45) is 3.66.